The van der Waals surface area contributed by atoms with Crippen LogP contribution in [0.4, 0.5) is 5.88 Å². The Morgan fingerprint density at radius 3 is 2.83 bits per heavy atom. The molecule has 0 unspecified atom stereocenters. The van der Waals surface area contributed by atoms with Crippen LogP contribution in [0.15, 0.2) is 35.0 Å². The van der Waals surface area contributed by atoms with Crippen LogP contribution in [0, 0.1) is 0 Å². The second-order valence-electron chi connectivity index (χ2n) is 4.15. The smallest absolute Gasteiger partial charge is 0.222 e. The highest BCUT2D eigenvalue weighted by Crippen LogP contribution is 2.32. The molecule has 2 heterocycles. The van der Waals surface area contributed by atoms with Gasteiger partial charge < -0.3 is 19.6 Å². The number of anilines is 1. The van der Waals surface area contributed by atoms with Gasteiger partial charge in [-0.1, -0.05) is 5.16 Å². The SMILES string of the molecule is COc1ccc2c(-c3cc(N)on3)cn(C)c2c1. The van der Waals surface area contributed by atoms with Gasteiger partial charge in [0.15, 0.2) is 0 Å². The van der Waals surface area contributed by atoms with E-state index in [1.807, 2.05) is 36.0 Å². The molecule has 3 rings (SSSR count). The molecule has 0 saturated carbocycles. The Hall–Kier alpha value is -2.43. The fourth-order valence-corrected chi connectivity index (χ4v) is 2.11. The number of nitrogens with two attached hydrogens (primary N) is 1. The summed E-state index contributed by atoms with van der Waals surface area (Å²) >= 11 is 0. The minimum atomic E-state index is 0.315. The Kier molecular flexibility index (Phi) is 2.26. The summed E-state index contributed by atoms with van der Waals surface area (Å²) in [5.74, 6) is 1.14. The third kappa shape index (κ3) is 1.52. The molecule has 0 radical (unpaired) electrons. The molecule has 0 aliphatic carbocycles. The standard InChI is InChI=1S/C13H13N3O2/c1-16-7-10(11-6-13(14)18-15-11)9-4-3-8(17-2)5-12(9)16/h3-7H,14H2,1-2H3. The van der Waals surface area contributed by atoms with Crippen molar-refractivity contribution in [2.24, 2.45) is 7.05 Å². The summed E-state index contributed by atoms with van der Waals surface area (Å²) in [6.07, 6.45) is 2.00. The molecule has 0 fully saturated rings. The average molecular weight is 243 g/mol. The number of hydrogen-bond acceptors (Lipinski definition) is 4. The van der Waals surface area contributed by atoms with E-state index in [4.69, 9.17) is 15.0 Å². The Morgan fingerprint density at radius 1 is 1.33 bits per heavy atom. The second kappa shape index (κ2) is 3.80. The van der Waals surface area contributed by atoms with Crippen LogP contribution in [0.2, 0.25) is 0 Å². The van der Waals surface area contributed by atoms with Gasteiger partial charge in [-0.25, -0.2) is 0 Å². The van der Waals surface area contributed by atoms with E-state index in [9.17, 15) is 0 Å². The lowest BCUT2D eigenvalue weighted by atomic mass is 10.1. The highest BCUT2D eigenvalue weighted by molar-refractivity contribution is 5.96. The van der Waals surface area contributed by atoms with Crippen LogP contribution in [0.1, 0.15) is 0 Å². The third-order valence-corrected chi connectivity index (χ3v) is 3.00. The van der Waals surface area contributed by atoms with Gasteiger partial charge in [-0.2, -0.15) is 0 Å². The van der Waals surface area contributed by atoms with Gasteiger partial charge >= 0.3 is 0 Å². The van der Waals surface area contributed by atoms with E-state index in [1.54, 1.807) is 13.2 Å². The molecule has 5 heteroatoms. The zero-order chi connectivity index (χ0) is 12.7. The van der Waals surface area contributed by atoms with Crippen molar-refractivity contribution in [3.63, 3.8) is 0 Å². The quantitative estimate of drug-likeness (QED) is 0.750. The lowest BCUT2D eigenvalue weighted by Crippen LogP contribution is -1.86. The molecule has 0 aliphatic rings. The zero-order valence-corrected chi connectivity index (χ0v) is 10.2. The van der Waals surface area contributed by atoms with Gasteiger partial charge in [-0.05, 0) is 12.1 Å². The first-order valence-electron chi connectivity index (χ1n) is 5.54. The summed E-state index contributed by atoms with van der Waals surface area (Å²) in [6, 6.07) is 7.64. The highest BCUT2D eigenvalue weighted by atomic mass is 16.5. The number of hydrogen-bond donors (Lipinski definition) is 1. The van der Waals surface area contributed by atoms with Gasteiger partial charge in [0.1, 0.15) is 11.4 Å². The molecule has 0 bridgehead atoms. The molecule has 2 N–H and O–H groups in total. The normalized spacial score (nSPS) is 11.0. The average Bonchev–Trinajstić information content (AvgIpc) is 2.94. The predicted molar refractivity (Wildman–Crippen MR) is 69.4 cm³/mol. The fourth-order valence-electron chi connectivity index (χ4n) is 2.11. The van der Waals surface area contributed by atoms with Gasteiger partial charge in [-0.3, -0.25) is 0 Å². The van der Waals surface area contributed by atoms with Crippen LogP contribution >= 0.6 is 0 Å². The van der Waals surface area contributed by atoms with Crippen molar-refractivity contribution in [1.82, 2.24) is 9.72 Å². The Morgan fingerprint density at radius 2 is 2.17 bits per heavy atom. The number of aromatic nitrogens is 2. The van der Waals surface area contributed by atoms with Crippen LogP contribution < -0.4 is 10.5 Å². The Bertz CT molecular complexity index is 712. The molecule has 3 aromatic rings. The first kappa shape index (κ1) is 10.7. The maximum absolute atomic E-state index is 5.56. The maximum Gasteiger partial charge on any atom is 0.222 e. The summed E-state index contributed by atoms with van der Waals surface area (Å²) in [6.45, 7) is 0. The van der Waals surface area contributed by atoms with Crippen LogP contribution in [0.25, 0.3) is 22.2 Å². The summed E-state index contributed by atoms with van der Waals surface area (Å²) < 4.78 is 12.2. The van der Waals surface area contributed by atoms with Crippen LogP contribution in [0.3, 0.4) is 0 Å². The molecular formula is C13H13N3O2. The lowest BCUT2D eigenvalue weighted by Gasteiger charge is -2.01. The Balaban J connectivity index is 2.25. The molecule has 0 aliphatic heterocycles. The van der Waals surface area contributed by atoms with Gasteiger partial charge in [0.05, 0.1) is 12.6 Å². The molecule has 0 spiro atoms. The minimum Gasteiger partial charge on any atom is -0.497 e. The minimum absolute atomic E-state index is 0.315. The van der Waals surface area contributed by atoms with E-state index >= 15 is 0 Å². The van der Waals surface area contributed by atoms with Crippen LogP contribution in [-0.2, 0) is 7.05 Å². The molecule has 5 nitrogen and oxygen atoms in total. The first-order chi connectivity index (χ1) is 8.69. The van der Waals surface area contributed by atoms with Gasteiger partial charge in [0.2, 0.25) is 5.88 Å². The largest absolute Gasteiger partial charge is 0.497 e. The second-order valence-corrected chi connectivity index (χ2v) is 4.15. The van der Waals surface area contributed by atoms with E-state index in [1.165, 1.54) is 0 Å². The van der Waals surface area contributed by atoms with Crippen molar-refractivity contribution in [2.45, 2.75) is 0 Å². The topological polar surface area (TPSA) is 66.2 Å². The first-order valence-corrected chi connectivity index (χ1v) is 5.54. The van der Waals surface area contributed by atoms with Crippen molar-refractivity contribution in [1.29, 1.82) is 0 Å². The number of ether oxygens (including phenoxy) is 1. The van der Waals surface area contributed by atoms with Gasteiger partial charge in [0, 0.05) is 36.3 Å². The maximum atomic E-state index is 5.56. The third-order valence-electron chi connectivity index (χ3n) is 3.00. The molecule has 2 aromatic heterocycles. The summed E-state index contributed by atoms with van der Waals surface area (Å²) in [7, 11) is 3.64. The van der Waals surface area contributed by atoms with Crippen LogP contribution in [0.5, 0.6) is 5.75 Å². The number of rotatable bonds is 2. The predicted octanol–water partition coefficient (Wildman–Crippen LogP) is 2.42. The molecule has 0 saturated heterocycles. The summed E-state index contributed by atoms with van der Waals surface area (Å²) in [5.41, 5.74) is 8.37. The van der Waals surface area contributed by atoms with Crippen molar-refractivity contribution in [2.75, 3.05) is 12.8 Å². The number of fused-ring (bicyclic) bond motifs is 1. The summed E-state index contributed by atoms with van der Waals surface area (Å²) in [4.78, 5) is 0. The lowest BCUT2D eigenvalue weighted by molar-refractivity contribution is 0.415. The number of benzene rings is 1. The van der Waals surface area contributed by atoms with Crippen molar-refractivity contribution in [3.8, 4) is 17.0 Å². The highest BCUT2D eigenvalue weighted by Gasteiger charge is 2.12. The van der Waals surface area contributed by atoms with Crippen molar-refractivity contribution in [3.05, 3.63) is 30.5 Å². The number of nitrogen functional groups attached to an aromatic ring is 1. The Labute approximate surface area is 104 Å². The summed E-state index contributed by atoms with van der Waals surface area (Å²) in [5, 5.41) is 5.04. The molecule has 0 amide bonds. The number of nitrogens with zero attached hydrogens (tertiary/aromatic N) is 2. The molecular weight excluding hydrogens is 230 g/mol. The van der Waals surface area contributed by atoms with Gasteiger partial charge in [0.25, 0.3) is 0 Å². The molecule has 92 valence electrons. The molecule has 1 aromatic carbocycles. The molecule has 0 atom stereocenters. The van der Waals surface area contributed by atoms with E-state index < -0.39 is 0 Å². The number of aryl methyl sites for hydroxylation is 1. The van der Waals surface area contributed by atoms with E-state index in [-0.39, 0.29) is 0 Å². The van der Waals surface area contributed by atoms with E-state index in [0.717, 1.165) is 27.9 Å². The molecule has 18 heavy (non-hydrogen) atoms. The van der Waals surface area contributed by atoms with E-state index in [0.29, 0.717) is 5.88 Å². The van der Waals surface area contributed by atoms with Crippen LogP contribution in [-0.4, -0.2) is 16.8 Å². The van der Waals surface area contributed by atoms with Crippen molar-refractivity contribution < 1.29 is 9.26 Å². The number of methoxy groups -OCH3 is 1. The van der Waals surface area contributed by atoms with Crippen molar-refractivity contribution >= 4 is 16.8 Å². The monoisotopic (exact) mass is 243 g/mol. The zero-order valence-electron chi connectivity index (χ0n) is 10.2. The van der Waals surface area contributed by atoms with Gasteiger partial charge in [-0.15, -0.1) is 0 Å². The van der Waals surface area contributed by atoms with E-state index in [2.05, 4.69) is 5.16 Å². The fraction of sp³-hybridized carbons (Fsp3) is 0.154.